The highest BCUT2D eigenvalue weighted by atomic mass is 16.5. The van der Waals surface area contributed by atoms with E-state index in [1.165, 1.54) is 0 Å². The zero-order valence-corrected chi connectivity index (χ0v) is 12.6. The minimum Gasteiger partial charge on any atom is -0.497 e. The van der Waals surface area contributed by atoms with Gasteiger partial charge in [-0.2, -0.15) is 0 Å². The summed E-state index contributed by atoms with van der Waals surface area (Å²) in [7, 11) is 1.64. The van der Waals surface area contributed by atoms with Crippen LogP contribution in [-0.2, 0) is 0 Å². The number of nitrogens with zero attached hydrogens (tertiary/aromatic N) is 2. The number of rotatable bonds is 4. The summed E-state index contributed by atoms with van der Waals surface area (Å²) in [5.74, 6) is 0.809. The van der Waals surface area contributed by atoms with E-state index in [1.807, 2.05) is 35.2 Å². The van der Waals surface area contributed by atoms with Crippen molar-refractivity contribution in [2.24, 2.45) is 0 Å². The molecule has 0 aliphatic carbocycles. The van der Waals surface area contributed by atoms with Crippen LogP contribution in [0.4, 0.5) is 11.4 Å². The molecule has 3 rings (SSSR count). The molecule has 5 heteroatoms. The van der Waals surface area contributed by atoms with Crippen molar-refractivity contribution in [3.8, 4) is 5.75 Å². The third-order valence-corrected chi connectivity index (χ3v) is 3.73. The molecule has 1 aromatic carbocycles. The lowest BCUT2D eigenvalue weighted by molar-refractivity contribution is 0.0787. The zero-order chi connectivity index (χ0) is 15.4. The fourth-order valence-corrected chi connectivity index (χ4v) is 2.54. The molecule has 1 aliphatic heterocycles. The predicted octanol–water partition coefficient (Wildman–Crippen LogP) is 3.07. The monoisotopic (exact) mass is 297 g/mol. The standard InChI is InChI=1S/C17H19N3O2/c1-22-15-6-4-5-13(11-15)19-14-7-8-16(18-12-14)17(21)20-9-2-3-10-20/h4-8,11-12,19H,2-3,9-10H2,1H3. The van der Waals surface area contributed by atoms with Crippen molar-refractivity contribution in [3.05, 3.63) is 48.3 Å². The number of nitrogens with one attached hydrogen (secondary N) is 1. The second kappa shape index (κ2) is 6.47. The Morgan fingerprint density at radius 2 is 2.00 bits per heavy atom. The van der Waals surface area contributed by atoms with Gasteiger partial charge in [0.1, 0.15) is 11.4 Å². The van der Waals surface area contributed by atoms with Gasteiger partial charge in [0.2, 0.25) is 0 Å². The molecule has 2 aromatic rings. The lowest BCUT2D eigenvalue weighted by Gasteiger charge is -2.14. The van der Waals surface area contributed by atoms with Gasteiger partial charge in [-0.3, -0.25) is 4.79 Å². The average Bonchev–Trinajstić information content (AvgIpc) is 3.09. The minimum absolute atomic E-state index is 0.0189. The fourth-order valence-electron chi connectivity index (χ4n) is 2.54. The molecule has 1 amide bonds. The minimum atomic E-state index is 0.0189. The van der Waals surface area contributed by atoms with E-state index in [2.05, 4.69) is 10.3 Å². The molecule has 0 bridgehead atoms. The van der Waals surface area contributed by atoms with Gasteiger partial charge in [-0.05, 0) is 37.1 Å². The molecule has 1 saturated heterocycles. The number of methoxy groups -OCH3 is 1. The SMILES string of the molecule is COc1cccc(Nc2ccc(C(=O)N3CCCC3)nc2)c1. The molecule has 1 aliphatic rings. The molecule has 1 fully saturated rings. The number of benzene rings is 1. The highest BCUT2D eigenvalue weighted by Gasteiger charge is 2.20. The Bertz CT molecular complexity index is 649. The van der Waals surface area contributed by atoms with Crippen LogP contribution in [-0.4, -0.2) is 36.0 Å². The number of hydrogen-bond acceptors (Lipinski definition) is 4. The summed E-state index contributed by atoms with van der Waals surface area (Å²) in [5, 5.41) is 3.25. The van der Waals surface area contributed by atoms with Gasteiger partial charge in [0, 0.05) is 24.8 Å². The maximum atomic E-state index is 12.2. The van der Waals surface area contributed by atoms with E-state index in [-0.39, 0.29) is 5.91 Å². The first-order valence-corrected chi connectivity index (χ1v) is 7.43. The smallest absolute Gasteiger partial charge is 0.272 e. The summed E-state index contributed by atoms with van der Waals surface area (Å²) in [5.41, 5.74) is 2.25. The molecule has 1 aromatic heterocycles. The van der Waals surface area contributed by atoms with Crippen LogP contribution in [0.5, 0.6) is 5.75 Å². The van der Waals surface area contributed by atoms with Gasteiger partial charge in [0.15, 0.2) is 0 Å². The third-order valence-electron chi connectivity index (χ3n) is 3.73. The lowest BCUT2D eigenvalue weighted by atomic mass is 10.2. The molecule has 0 atom stereocenters. The summed E-state index contributed by atoms with van der Waals surface area (Å²) >= 11 is 0. The average molecular weight is 297 g/mol. The van der Waals surface area contributed by atoms with E-state index in [0.717, 1.165) is 43.1 Å². The van der Waals surface area contributed by atoms with Gasteiger partial charge >= 0.3 is 0 Å². The van der Waals surface area contributed by atoms with Crippen LogP contribution in [0, 0.1) is 0 Å². The molecule has 1 N–H and O–H groups in total. The molecule has 114 valence electrons. The topological polar surface area (TPSA) is 54.5 Å². The molecule has 0 saturated carbocycles. The van der Waals surface area contributed by atoms with Crippen molar-refractivity contribution in [3.63, 3.8) is 0 Å². The Labute approximate surface area is 129 Å². The van der Waals surface area contributed by atoms with Crippen molar-refractivity contribution in [2.45, 2.75) is 12.8 Å². The van der Waals surface area contributed by atoms with Crippen LogP contribution in [0.1, 0.15) is 23.3 Å². The van der Waals surface area contributed by atoms with Crippen molar-refractivity contribution < 1.29 is 9.53 Å². The highest BCUT2D eigenvalue weighted by Crippen LogP contribution is 2.21. The maximum Gasteiger partial charge on any atom is 0.272 e. The molecule has 0 radical (unpaired) electrons. The molecular weight excluding hydrogens is 278 g/mol. The van der Waals surface area contributed by atoms with Crippen molar-refractivity contribution in [1.82, 2.24) is 9.88 Å². The number of hydrogen-bond donors (Lipinski definition) is 1. The predicted molar refractivity (Wildman–Crippen MR) is 85.7 cm³/mol. The van der Waals surface area contributed by atoms with E-state index in [0.29, 0.717) is 5.69 Å². The first-order chi connectivity index (χ1) is 10.8. The van der Waals surface area contributed by atoms with E-state index in [9.17, 15) is 4.79 Å². The number of amides is 1. The number of anilines is 2. The molecular formula is C17H19N3O2. The second-order valence-corrected chi connectivity index (χ2v) is 5.29. The summed E-state index contributed by atoms with van der Waals surface area (Å²) < 4.78 is 5.19. The Hall–Kier alpha value is -2.56. The quantitative estimate of drug-likeness (QED) is 0.942. The number of ether oxygens (including phenoxy) is 1. The molecule has 0 spiro atoms. The van der Waals surface area contributed by atoms with E-state index in [4.69, 9.17) is 4.74 Å². The normalized spacial score (nSPS) is 14.0. The number of likely N-dealkylation sites (tertiary alicyclic amines) is 1. The van der Waals surface area contributed by atoms with Crippen molar-refractivity contribution in [1.29, 1.82) is 0 Å². The first kappa shape index (κ1) is 14.4. The molecule has 5 nitrogen and oxygen atoms in total. The third kappa shape index (κ3) is 3.19. The maximum absolute atomic E-state index is 12.2. The van der Waals surface area contributed by atoms with E-state index >= 15 is 0 Å². The van der Waals surface area contributed by atoms with Crippen LogP contribution in [0.25, 0.3) is 0 Å². The molecule has 0 unspecified atom stereocenters. The first-order valence-electron chi connectivity index (χ1n) is 7.43. The summed E-state index contributed by atoms with van der Waals surface area (Å²) in [6.45, 7) is 1.68. The zero-order valence-electron chi connectivity index (χ0n) is 12.6. The highest BCUT2D eigenvalue weighted by molar-refractivity contribution is 5.92. The number of carbonyl (C=O) groups is 1. The Morgan fingerprint density at radius 3 is 2.68 bits per heavy atom. The molecule has 22 heavy (non-hydrogen) atoms. The fraction of sp³-hybridized carbons (Fsp3) is 0.294. The second-order valence-electron chi connectivity index (χ2n) is 5.29. The van der Waals surface area contributed by atoms with Crippen molar-refractivity contribution in [2.75, 3.05) is 25.5 Å². The van der Waals surface area contributed by atoms with Gasteiger partial charge in [-0.1, -0.05) is 6.07 Å². The largest absolute Gasteiger partial charge is 0.497 e. The Balaban J connectivity index is 1.69. The number of pyridine rings is 1. The van der Waals surface area contributed by atoms with Crippen LogP contribution in [0.2, 0.25) is 0 Å². The van der Waals surface area contributed by atoms with Gasteiger partial charge in [-0.25, -0.2) is 4.98 Å². The molecule has 2 heterocycles. The van der Waals surface area contributed by atoms with Gasteiger partial charge in [-0.15, -0.1) is 0 Å². The summed E-state index contributed by atoms with van der Waals surface area (Å²) in [6.07, 6.45) is 3.85. The number of aromatic nitrogens is 1. The van der Waals surface area contributed by atoms with Gasteiger partial charge in [0.25, 0.3) is 5.91 Å². The van der Waals surface area contributed by atoms with Crippen LogP contribution < -0.4 is 10.1 Å². The summed E-state index contributed by atoms with van der Waals surface area (Å²) in [6, 6.07) is 11.3. The van der Waals surface area contributed by atoms with Crippen LogP contribution >= 0.6 is 0 Å². The lowest BCUT2D eigenvalue weighted by Crippen LogP contribution is -2.28. The van der Waals surface area contributed by atoms with Gasteiger partial charge < -0.3 is 15.0 Å². The van der Waals surface area contributed by atoms with Gasteiger partial charge in [0.05, 0.1) is 19.0 Å². The Morgan fingerprint density at radius 1 is 1.18 bits per heavy atom. The van der Waals surface area contributed by atoms with E-state index < -0.39 is 0 Å². The Kier molecular flexibility index (Phi) is 4.23. The number of carbonyl (C=O) groups excluding carboxylic acids is 1. The van der Waals surface area contributed by atoms with Crippen LogP contribution in [0.15, 0.2) is 42.6 Å². The van der Waals surface area contributed by atoms with Crippen molar-refractivity contribution >= 4 is 17.3 Å². The van der Waals surface area contributed by atoms with E-state index in [1.54, 1.807) is 19.4 Å². The summed E-state index contributed by atoms with van der Waals surface area (Å²) in [4.78, 5) is 18.4. The van der Waals surface area contributed by atoms with Crippen LogP contribution in [0.3, 0.4) is 0 Å².